The summed E-state index contributed by atoms with van der Waals surface area (Å²) in [7, 11) is 0. The lowest BCUT2D eigenvalue weighted by atomic mass is 9.98. The van der Waals surface area contributed by atoms with E-state index in [0.29, 0.717) is 21.5 Å². The van der Waals surface area contributed by atoms with E-state index >= 15 is 0 Å². The molecule has 0 aliphatic carbocycles. The van der Waals surface area contributed by atoms with Gasteiger partial charge >= 0.3 is 5.97 Å². The van der Waals surface area contributed by atoms with E-state index in [2.05, 4.69) is 9.97 Å². The maximum Gasteiger partial charge on any atom is 0.339 e. The molecule has 3 aromatic carbocycles. The fourth-order valence-corrected chi connectivity index (χ4v) is 3.37. The number of hydrogen-bond acceptors (Lipinski definition) is 5. The van der Waals surface area contributed by atoms with Crippen LogP contribution in [-0.2, 0) is 11.3 Å². The Morgan fingerprint density at radius 3 is 2.42 bits per heavy atom. The van der Waals surface area contributed by atoms with Crippen LogP contribution in [0.3, 0.4) is 0 Å². The first kappa shape index (κ1) is 20.5. The first-order chi connectivity index (χ1) is 14.9. The second-order valence-electron chi connectivity index (χ2n) is 6.94. The van der Waals surface area contributed by atoms with Crippen molar-refractivity contribution < 1.29 is 14.3 Å². The first-order valence-corrected chi connectivity index (χ1v) is 9.87. The van der Waals surface area contributed by atoms with Crippen molar-refractivity contribution in [2.45, 2.75) is 13.5 Å². The first-order valence-electron chi connectivity index (χ1n) is 9.49. The van der Waals surface area contributed by atoms with Crippen LogP contribution in [0.5, 0.6) is 0 Å². The SMILES string of the molecule is Cc1cccc2c(=O)[nH]c(COC(=O)c3ccccc3C(=O)c3ccc(Cl)cc3)nc12. The fraction of sp³-hybridized carbons (Fsp3) is 0.0833. The molecule has 1 aromatic heterocycles. The van der Waals surface area contributed by atoms with Gasteiger partial charge in [0.25, 0.3) is 5.56 Å². The Morgan fingerprint density at radius 2 is 1.68 bits per heavy atom. The van der Waals surface area contributed by atoms with Crippen molar-refractivity contribution in [1.29, 1.82) is 0 Å². The molecule has 0 aliphatic rings. The van der Waals surface area contributed by atoms with E-state index in [0.717, 1.165) is 5.56 Å². The summed E-state index contributed by atoms with van der Waals surface area (Å²) in [5, 5.41) is 0.977. The molecule has 0 spiro atoms. The molecule has 0 amide bonds. The number of aromatic amines is 1. The predicted octanol–water partition coefficient (Wildman–Crippen LogP) is 4.47. The van der Waals surface area contributed by atoms with E-state index < -0.39 is 5.97 Å². The third kappa shape index (κ3) is 4.25. The number of halogens is 1. The molecule has 0 aliphatic heterocycles. The molecule has 31 heavy (non-hydrogen) atoms. The number of rotatable bonds is 5. The third-order valence-electron chi connectivity index (χ3n) is 4.82. The largest absolute Gasteiger partial charge is 0.454 e. The fourth-order valence-electron chi connectivity index (χ4n) is 3.25. The van der Waals surface area contributed by atoms with Gasteiger partial charge in [-0.2, -0.15) is 0 Å². The number of H-pyrrole nitrogens is 1. The second-order valence-corrected chi connectivity index (χ2v) is 7.38. The summed E-state index contributed by atoms with van der Waals surface area (Å²) in [6.45, 7) is 1.62. The quantitative estimate of drug-likeness (QED) is 0.371. The van der Waals surface area contributed by atoms with Gasteiger partial charge in [0.15, 0.2) is 5.78 Å². The highest BCUT2D eigenvalue weighted by Crippen LogP contribution is 2.18. The number of carbonyl (C=O) groups excluding carboxylic acids is 2. The van der Waals surface area contributed by atoms with Crippen LogP contribution in [0, 0.1) is 6.92 Å². The topological polar surface area (TPSA) is 89.1 Å². The highest BCUT2D eigenvalue weighted by Gasteiger charge is 2.19. The van der Waals surface area contributed by atoms with Gasteiger partial charge in [0.05, 0.1) is 16.5 Å². The summed E-state index contributed by atoms with van der Waals surface area (Å²) in [6.07, 6.45) is 0. The molecule has 1 heterocycles. The minimum absolute atomic E-state index is 0.127. The van der Waals surface area contributed by atoms with E-state index in [9.17, 15) is 14.4 Å². The normalized spacial score (nSPS) is 10.8. The maximum absolute atomic E-state index is 12.9. The molecule has 4 rings (SSSR count). The molecule has 4 aromatic rings. The van der Waals surface area contributed by atoms with Gasteiger partial charge < -0.3 is 9.72 Å². The summed E-state index contributed by atoms with van der Waals surface area (Å²) in [4.78, 5) is 44.9. The van der Waals surface area contributed by atoms with Gasteiger partial charge in [-0.05, 0) is 48.9 Å². The summed E-state index contributed by atoms with van der Waals surface area (Å²) >= 11 is 5.88. The molecule has 6 nitrogen and oxygen atoms in total. The Labute approximate surface area is 182 Å². The standard InChI is InChI=1S/C24H17ClN2O4/c1-14-5-4-8-19-21(14)26-20(27-23(19)29)13-31-24(30)18-7-3-2-6-17(18)22(28)15-9-11-16(25)12-10-15/h2-12H,13H2,1H3,(H,26,27,29). The number of nitrogens with zero attached hydrogens (tertiary/aromatic N) is 1. The number of esters is 1. The lowest BCUT2D eigenvalue weighted by Crippen LogP contribution is -2.16. The molecule has 0 bridgehead atoms. The summed E-state index contributed by atoms with van der Waals surface area (Å²) in [6, 6.07) is 18.1. The molecule has 0 unspecified atom stereocenters. The Balaban J connectivity index is 1.58. The van der Waals surface area contributed by atoms with Gasteiger partial charge in [0.2, 0.25) is 0 Å². The summed E-state index contributed by atoms with van der Waals surface area (Å²) < 4.78 is 5.36. The highest BCUT2D eigenvalue weighted by molar-refractivity contribution is 6.30. The average molecular weight is 433 g/mol. The predicted molar refractivity (Wildman–Crippen MR) is 118 cm³/mol. The minimum Gasteiger partial charge on any atom is -0.454 e. The van der Waals surface area contributed by atoms with Crippen LogP contribution in [0.15, 0.2) is 71.5 Å². The van der Waals surface area contributed by atoms with Crippen molar-refractivity contribution in [1.82, 2.24) is 9.97 Å². The van der Waals surface area contributed by atoms with Crippen molar-refractivity contribution in [3.8, 4) is 0 Å². The molecule has 0 atom stereocenters. The number of ether oxygens (including phenoxy) is 1. The molecule has 0 radical (unpaired) electrons. The van der Waals surface area contributed by atoms with Gasteiger partial charge in [-0.1, -0.05) is 41.9 Å². The Bertz CT molecular complexity index is 1360. The van der Waals surface area contributed by atoms with Gasteiger partial charge in [0, 0.05) is 16.1 Å². The van der Waals surface area contributed by atoms with Gasteiger partial charge in [-0.3, -0.25) is 9.59 Å². The molecule has 154 valence electrons. The van der Waals surface area contributed by atoms with Crippen LogP contribution in [0.4, 0.5) is 0 Å². The number of fused-ring (bicyclic) bond motifs is 1. The molecular formula is C24H17ClN2O4. The van der Waals surface area contributed by atoms with Crippen LogP contribution >= 0.6 is 11.6 Å². The van der Waals surface area contributed by atoms with Crippen molar-refractivity contribution in [3.63, 3.8) is 0 Å². The van der Waals surface area contributed by atoms with Gasteiger partial charge in [0.1, 0.15) is 12.4 Å². The van der Waals surface area contributed by atoms with Crippen LogP contribution in [0.1, 0.15) is 37.7 Å². The number of para-hydroxylation sites is 1. The van der Waals surface area contributed by atoms with E-state index in [4.69, 9.17) is 16.3 Å². The van der Waals surface area contributed by atoms with Crippen LogP contribution in [-0.4, -0.2) is 21.7 Å². The van der Waals surface area contributed by atoms with E-state index in [1.165, 1.54) is 6.07 Å². The average Bonchev–Trinajstić information content (AvgIpc) is 2.78. The van der Waals surface area contributed by atoms with Crippen molar-refractivity contribution in [3.05, 3.63) is 110 Å². The van der Waals surface area contributed by atoms with Crippen LogP contribution in [0.25, 0.3) is 10.9 Å². The van der Waals surface area contributed by atoms with E-state index in [1.54, 1.807) is 54.6 Å². The number of ketones is 1. The van der Waals surface area contributed by atoms with Gasteiger partial charge in [-0.15, -0.1) is 0 Å². The Hall–Kier alpha value is -3.77. The van der Waals surface area contributed by atoms with Crippen molar-refractivity contribution in [2.24, 2.45) is 0 Å². The van der Waals surface area contributed by atoms with E-state index in [1.807, 2.05) is 13.0 Å². The monoisotopic (exact) mass is 432 g/mol. The molecular weight excluding hydrogens is 416 g/mol. The second kappa shape index (κ2) is 8.53. The highest BCUT2D eigenvalue weighted by atomic mass is 35.5. The zero-order valence-corrected chi connectivity index (χ0v) is 17.3. The number of nitrogens with one attached hydrogen (secondary N) is 1. The number of benzene rings is 3. The molecule has 0 saturated carbocycles. The summed E-state index contributed by atoms with van der Waals surface area (Å²) in [5.74, 6) is -0.788. The van der Waals surface area contributed by atoms with Crippen LogP contribution < -0.4 is 5.56 Å². The molecule has 0 fully saturated rings. The number of aryl methyl sites for hydroxylation is 1. The smallest absolute Gasteiger partial charge is 0.339 e. The number of aromatic nitrogens is 2. The summed E-state index contributed by atoms with van der Waals surface area (Å²) in [5.41, 5.74) is 1.83. The zero-order chi connectivity index (χ0) is 22.0. The van der Waals surface area contributed by atoms with Gasteiger partial charge in [-0.25, -0.2) is 9.78 Å². The van der Waals surface area contributed by atoms with Crippen molar-refractivity contribution >= 4 is 34.3 Å². The number of hydrogen-bond donors (Lipinski definition) is 1. The van der Waals surface area contributed by atoms with Crippen LogP contribution in [0.2, 0.25) is 5.02 Å². The lowest BCUT2D eigenvalue weighted by molar-refractivity contribution is 0.0460. The lowest BCUT2D eigenvalue weighted by Gasteiger charge is -2.10. The molecule has 0 saturated heterocycles. The van der Waals surface area contributed by atoms with Crippen molar-refractivity contribution in [2.75, 3.05) is 0 Å². The minimum atomic E-state index is -0.689. The zero-order valence-electron chi connectivity index (χ0n) is 16.5. The number of carbonyl (C=O) groups is 2. The maximum atomic E-state index is 12.9. The molecule has 1 N–H and O–H groups in total. The Morgan fingerprint density at radius 1 is 0.968 bits per heavy atom. The third-order valence-corrected chi connectivity index (χ3v) is 5.08. The molecule has 7 heteroatoms. The van der Waals surface area contributed by atoms with E-state index in [-0.39, 0.29) is 34.9 Å². The Kier molecular flexibility index (Phi) is 5.64.